The number of esters is 2. The van der Waals surface area contributed by atoms with E-state index >= 15 is 0 Å². The van der Waals surface area contributed by atoms with Crippen LogP contribution in [0.5, 0.6) is 0 Å². The van der Waals surface area contributed by atoms with Gasteiger partial charge in [-0.15, -0.1) is 0 Å². The molecule has 1 saturated heterocycles. The zero-order valence-corrected chi connectivity index (χ0v) is 26.7. The van der Waals surface area contributed by atoms with E-state index in [1.54, 1.807) is 0 Å². The topological polar surface area (TPSA) is 55.8 Å². The number of rotatable bonds is 20. The first-order chi connectivity index (χ1) is 19.7. The van der Waals surface area contributed by atoms with Crippen LogP contribution in [0.4, 0.5) is 0 Å². The lowest BCUT2D eigenvalue weighted by Crippen LogP contribution is -2.33. The minimum absolute atomic E-state index is 0.0702. The van der Waals surface area contributed by atoms with Gasteiger partial charge in [0.05, 0.1) is 0 Å². The molecule has 0 aromatic carbocycles. The third-order valence-electron chi connectivity index (χ3n) is 8.43. The summed E-state index contributed by atoms with van der Waals surface area (Å²) >= 11 is 0. The molecule has 0 aromatic rings. The van der Waals surface area contributed by atoms with Gasteiger partial charge in [0.1, 0.15) is 13.2 Å². The predicted molar refractivity (Wildman–Crippen MR) is 169 cm³/mol. The van der Waals surface area contributed by atoms with Crippen LogP contribution in [0.2, 0.25) is 0 Å². The summed E-state index contributed by atoms with van der Waals surface area (Å²) in [5.41, 5.74) is 0. The van der Waals surface area contributed by atoms with Crippen LogP contribution in [0, 0.1) is 0 Å². The Balaban J connectivity index is 2.01. The highest BCUT2D eigenvalue weighted by atomic mass is 16.5. The molecule has 1 rings (SSSR count). The summed E-state index contributed by atoms with van der Waals surface area (Å²) in [4.78, 5) is 26.3. The maximum Gasteiger partial charge on any atom is 0.305 e. The van der Waals surface area contributed by atoms with Crippen molar-refractivity contribution in [1.82, 2.24) is 4.90 Å². The lowest BCUT2D eigenvalue weighted by molar-refractivity contribution is -0.144. The van der Waals surface area contributed by atoms with Crippen LogP contribution in [-0.2, 0) is 19.1 Å². The zero-order valence-electron chi connectivity index (χ0n) is 26.7. The number of nitrogens with zero attached hydrogens (tertiary/aromatic N) is 1. The van der Waals surface area contributed by atoms with E-state index in [0.29, 0.717) is 26.1 Å². The van der Waals surface area contributed by atoms with Gasteiger partial charge in [0, 0.05) is 25.9 Å². The normalized spacial score (nSPS) is 17.3. The molecule has 1 fully saturated rings. The zero-order chi connectivity index (χ0) is 28.8. The van der Waals surface area contributed by atoms with E-state index in [1.807, 2.05) is 0 Å². The van der Waals surface area contributed by atoms with Crippen molar-refractivity contribution in [2.24, 2.45) is 0 Å². The van der Waals surface area contributed by atoms with E-state index in [9.17, 15) is 9.59 Å². The van der Waals surface area contributed by atoms with Gasteiger partial charge in [-0.1, -0.05) is 148 Å². The van der Waals surface area contributed by atoms with Gasteiger partial charge in [-0.2, -0.15) is 0 Å². The SMILES string of the molecule is CCCCCCCCCCCCCCCCCCCCCN1CCOC(=O)CCCCCCCCC(=O)OCC1. The van der Waals surface area contributed by atoms with Gasteiger partial charge in [-0.3, -0.25) is 14.5 Å². The molecule has 1 aliphatic heterocycles. The molecule has 0 aromatic heterocycles. The fourth-order valence-electron chi connectivity index (χ4n) is 5.72. The van der Waals surface area contributed by atoms with Crippen LogP contribution in [0.25, 0.3) is 0 Å². The van der Waals surface area contributed by atoms with Crippen molar-refractivity contribution in [3.05, 3.63) is 0 Å². The third-order valence-corrected chi connectivity index (χ3v) is 8.43. The molecular weight excluding hydrogens is 498 g/mol. The van der Waals surface area contributed by atoms with Crippen molar-refractivity contribution in [1.29, 1.82) is 0 Å². The number of hydrogen-bond donors (Lipinski definition) is 0. The Morgan fingerprint density at radius 2 is 0.800 bits per heavy atom. The van der Waals surface area contributed by atoms with Crippen molar-refractivity contribution < 1.29 is 19.1 Å². The molecular formula is C35H67NO4. The first kappa shape index (κ1) is 36.9. The van der Waals surface area contributed by atoms with Crippen LogP contribution in [-0.4, -0.2) is 49.7 Å². The predicted octanol–water partition coefficient (Wildman–Crippen LogP) is 9.94. The van der Waals surface area contributed by atoms with Crippen molar-refractivity contribution in [2.45, 2.75) is 180 Å². The van der Waals surface area contributed by atoms with E-state index < -0.39 is 0 Å². The highest BCUT2D eigenvalue weighted by Gasteiger charge is 2.10. The molecule has 0 spiro atoms. The molecule has 0 unspecified atom stereocenters. The van der Waals surface area contributed by atoms with Crippen LogP contribution in [0.1, 0.15) is 180 Å². The van der Waals surface area contributed by atoms with E-state index in [-0.39, 0.29) is 11.9 Å². The van der Waals surface area contributed by atoms with Crippen molar-refractivity contribution >= 4 is 11.9 Å². The van der Waals surface area contributed by atoms with Gasteiger partial charge in [0.25, 0.3) is 0 Å². The summed E-state index contributed by atoms with van der Waals surface area (Å²) in [7, 11) is 0. The standard InChI is InChI=1S/C35H67NO4/c1-2-3-4-5-6-7-8-9-10-11-12-13-14-15-16-17-20-23-26-29-36-30-32-39-34(37)27-24-21-18-19-22-25-28-35(38)40-33-31-36/h2-33H2,1H3. The Labute approximate surface area is 248 Å². The molecule has 0 atom stereocenters. The van der Waals surface area contributed by atoms with Crippen LogP contribution in [0.15, 0.2) is 0 Å². The van der Waals surface area contributed by atoms with E-state index in [2.05, 4.69) is 11.8 Å². The molecule has 0 aliphatic carbocycles. The second kappa shape index (κ2) is 29.4. The molecule has 0 amide bonds. The minimum atomic E-state index is -0.0702. The van der Waals surface area contributed by atoms with E-state index in [0.717, 1.165) is 64.6 Å². The fourth-order valence-corrected chi connectivity index (χ4v) is 5.72. The van der Waals surface area contributed by atoms with Crippen molar-refractivity contribution in [3.63, 3.8) is 0 Å². The highest BCUT2D eigenvalue weighted by molar-refractivity contribution is 5.69. The molecule has 236 valence electrons. The van der Waals surface area contributed by atoms with E-state index in [4.69, 9.17) is 9.47 Å². The first-order valence-corrected chi connectivity index (χ1v) is 17.8. The molecule has 0 saturated carbocycles. The van der Waals surface area contributed by atoms with Crippen LogP contribution >= 0.6 is 0 Å². The van der Waals surface area contributed by atoms with E-state index in [1.165, 1.54) is 116 Å². The summed E-state index contributed by atoms with van der Waals surface area (Å²) in [5.74, 6) is -0.140. The van der Waals surface area contributed by atoms with Crippen LogP contribution in [0.3, 0.4) is 0 Å². The summed E-state index contributed by atoms with van der Waals surface area (Å²) in [6.07, 6.45) is 33.6. The molecule has 1 aliphatic rings. The fraction of sp³-hybridized carbons (Fsp3) is 0.943. The molecule has 0 N–H and O–H groups in total. The molecule has 5 nitrogen and oxygen atoms in total. The van der Waals surface area contributed by atoms with Gasteiger partial charge >= 0.3 is 11.9 Å². The average molecular weight is 566 g/mol. The number of unbranched alkanes of at least 4 members (excludes halogenated alkanes) is 18. The lowest BCUT2D eigenvalue weighted by atomic mass is 10.0. The molecule has 5 heteroatoms. The summed E-state index contributed by atoms with van der Waals surface area (Å²) in [5, 5.41) is 0. The van der Waals surface area contributed by atoms with Gasteiger partial charge in [0.2, 0.25) is 0 Å². The maximum atomic E-state index is 12.0. The lowest BCUT2D eigenvalue weighted by Gasteiger charge is -2.22. The third kappa shape index (κ3) is 25.8. The Hall–Kier alpha value is -1.10. The van der Waals surface area contributed by atoms with Crippen molar-refractivity contribution in [2.75, 3.05) is 32.8 Å². The van der Waals surface area contributed by atoms with Crippen LogP contribution < -0.4 is 0 Å². The Kier molecular flexibility index (Phi) is 27.1. The van der Waals surface area contributed by atoms with Gasteiger partial charge < -0.3 is 9.47 Å². The number of ether oxygens (including phenoxy) is 2. The summed E-state index contributed by atoms with van der Waals surface area (Å²) in [6.45, 7) is 5.59. The largest absolute Gasteiger partial charge is 0.464 e. The van der Waals surface area contributed by atoms with Gasteiger partial charge in [0.15, 0.2) is 0 Å². The molecule has 40 heavy (non-hydrogen) atoms. The first-order valence-electron chi connectivity index (χ1n) is 17.8. The number of hydrogen-bond acceptors (Lipinski definition) is 5. The Morgan fingerprint density at radius 3 is 1.18 bits per heavy atom. The Morgan fingerprint density at radius 1 is 0.475 bits per heavy atom. The number of cyclic esters (lactones) is 2. The number of carbonyl (C=O) groups is 2. The van der Waals surface area contributed by atoms with Gasteiger partial charge in [-0.05, 0) is 25.8 Å². The monoisotopic (exact) mass is 566 g/mol. The minimum Gasteiger partial charge on any atom is -0.464 e. The quantitative estimate of drug-likeness (QED) is 0.109. The van der Waals surface area contributed by atoms with Crippen molar-refractivity contribution in [3.8, 4) is 0 Å². The summed E-state index contributed by atoms with van der Waals surface area (Å²) in [6, 6.07) is 0. The second-order valence-corrected chi connectivity index (χ2v) is 12.3. The van der Waals surface area contributed by atoms with Gasteiger partial charge in [-0.25, -0.2) is 0 Å². The maximum absolute atomic E-state index is 12.0. The average Bonchev–Trinajstić information content (AvgIpc) is 2.95. The molecule has 0 bridgehead atoms. The molecule has 1 heterocycles. The summed E-state index contributed by atoms with van der Waals surface area (Å²) < 4.78 is 10.9. The molecule has 0 radical (unpaired) electrons. The number of carbonyl (C=O) groups excluding carboxylic acids is 2. The highest BCUT2D eigenvalue weighted by Crippen LogP contribution is 2.15. The second-order valence-electron chi connectivity index (χ2n) is 12.3. The smallest absolute Gasteiger partial charge is 0.305 e. The Bertz CT molecular complexity index is 540.